The third kappa shape index (κ3) is 3.25. The van der Waals surface area contributed by atoms with Gasteiger partial charge in [-0.15, -0.1) is 0 Å². The van der Waals surface area contributed by atoms with Crippen LogP contribution in [0.4, 0.5) is 0 Å². The van der Waals surface area contributed by atoms with E-state index in [1.807, 2.05) is 7.05 Å². The van der Waals surface area contributed by atoms with E-state index in [4.69, 9.17) is 0 Å². The Hall–Kier alpha value is -0.130. The highest BCUT2D eigenvalue weighted by atomic mass is 32.2. The fraction of sp³-hybridized carbons (Fsp3) is 1.00. The quantitative estimate of drug-likeness (QED) is 0.827. The van der Waals surface area contributed by atoms with E-state index in [-0.39, 0.29) is 6.04 Å². The van der Waals surface area contributed by atoms with Crippen molar-refractivity contribution in [1.29, 1.82) is 0 Å². The third-order valence-corrected chi connectivity index (χ3v) is 6.36. The van der Waals surface area contributed by atoms with Gasteiger partial charge < -0.3 is 5.32 Å². The van der Waals surface area contributed by atoms with Gasteiger partial charge >= 0.3 is 0 Å². The first kappa shape index (κ1) is 14.3. The first-order valence-electron chi connectivity index (χ1n) is 7.05. The van der Waals surface area contributed by atoms with Crippen molar-refractivity contribution < 1.29 is 8.42 Å². The van der Waals surface area contributed by atoms with Crippen LogP contribution >= 0.6 is 0 Å². The van der Waals surface area contributed by atoms with Crippen molar-refractivity contribution in [1.82, 2.24) is 10.2 Å². The average molecular weight is 274 g/mol. The second-order valence-electron chi connectivity index (χ2n) is 6.17. The lowest BCUT2D eigenvalue weighted by Gasteiger charge is -2.40. The number of rotatable bonds is 4. The number of nitrogens with one attached hydrogen (secondary N) is 1. The lowest BCUT2D eigenvalue weighted by molar-refractivity contribution is 0.126. The molecule has 0 bridgehead atoms. The van der Waals surface area contributed by atoms with E-state index in [0.29, 0.717) is 16.9 Å². The zero-order valence-electron chi connectivity index (χ0n) is 11.6. The molecule has 106 valence electrons. The summed E-state index contributed by atoms with van der Waals surface area (Å²) in [6.07, 6.45) is 5.21. The molecule has 1 N–H and O–H groups in total. The zero-order valence-corrected chi connectivity index (χ0v) is 12.4. The molecule has 1 aliphatic heterocycles. The van der Waals surface area contributed by atoms with Crippen LogP contribution in [0.15, 0.2) is 0 Å². The van der Waals surface area contributed by atoms with Crippen LogP contribution in [0.25, 0.3) is 0 Å². The Morgan fingerprint density at radius 1 is 1.33 bits per heavy atom. The highest BCUT2D eigenvalue weighted by Gasteiger charge is 2.38. The van der Waals surface area contributed by atoms with Crippen LogP contribution in [0.5, 0.6) is 0 Å². The fourth-order valence-corrected chi connectivity index (χ4v) is 5.21. The van der Waals surface area contributed by atoms with Crippen LogP contribution < -0.4 is 5.32 Å². The molecule has 1 aliphatic carbocycles. The molecule has 2 fully saturated rings. The highest BCUT2D eigenvalue weighted by Crippen LogP contribution is 2.39. The van der Waals surface area contributed by atoms with Crippen LogP contribution in [0.2, 0.25) is 0 Å². The molecule has 0 aromatic rings. The summed E-state index contributed by atoms with van der Waals surface area (Å²) in [4.78, 5) is 2.39. The van der Waals surface area contributed by atoms with Crippen molar-refractivity contribution in [2.45, 2.75) is 38.6 Å². The molecule has 0 radical (unpaired) electrons. The molecule has 1 atom stereocenters. The number of sulfone groups is 1. The molecule has 0 spiro atoms. The van der Waals surface area contributed by atoms with E-state index < -0.39 is 9.84 Å². The van der Waals surface area contributed by atoms with Gasteiger partial charge in [0, 0.05) is 25.7 Å². The summed E-state index contributed by atoms with van der Waals surface area (Å²) in [5.41, 5.74) is 0.379. The minimum Gasteiger partial charge on any atom is -0.319 e. The molecule has 0 aromatic heterocycles. The Morgan fingerprint density at radius 2 is 2.00 bits per heavy atom. The van der Waals surface area contributed by atoms with E-state index in [9.17, 15) is 8.42 Å². The van der Waals surface area contributed by atoms with Gasteiger partial charge in [-0.3, -0.25) is 4.90 Å². The highest BCUT2D eigenvalue weighted by molar-refractivity contribution is 7.91. The SMILES string of the molecule is CNCC1(CN2CCS(=O)(=O)CC2C)CCCC1. The molecule has 1 heterocycles. The van der Waals surface area contributed by atoms with E-state index in [0.717, 1.165) is 19.6 Å². The molecule has 2 aliphatic rings. The molecular weight excluding hydrogens is 248 g/mol. The van der Waals surface area contributed by atoms with E-state index in [1.54, 1.807) is 0 Å². The van der Waals surface area contributed by atoms with Crippen LogP contribution in [-0.4, -0.2) is 57.5 Å². The summed E-state index contributed by atoms with van der Waals surface area (Å²) in [6.45, 7) is 4.89. The van der Waals surface area contributed by atoms with Gasteiger partial charge in [-0.05, 0) is 32.2 Å². The first-order chi connectivity index (χ1) is 8.46. The van der Waals surface area contributed by atoms with Crippen LogP contribution in [-0.2, 0) is 9.84 Å². The van der Waals surface area contributed by atoms with Crippen molar-refractivity contribution >= 4 is 9.84 Å². The van der Waals surface area contributed by atoms with Gasteiger partial charge in [0.2, 0.25) is 0 Å². The van der Waals surface area contributed by atoms with Crippen molar-refractivity contribution in [2.75, 3.05) is 38.2 Å². The molecular formula is C13H26N2O2S. The minimum absolute atomic E-state index is 0.179. The topological polar surface area (TPSA) is 49.4 Å². The zero-order chi connectivity index (χ0) is 13.2. The summed E-state index contributed by atoms with van der Waals surface area (Å²) in [6, 6.07) is 0.179. The number of nitrogens with zero attached hydrogens (tertiary/aromatic N) is 1. The van der Waals surface area contributed by atoms with E-state index in [2.05, 4.69) is 17.1 Å². The van der Waals surface area contributed by atoms with Crippen LogP contribution in [0, 0.1) is 5.41 Å². The number of hydrogen-bond acceptors (Lipinski definition) is 4. The summed E-state index contributed by atoms with van der Waals surface area (Å²) in [5, 5.41) is 3.33. The standard InChI is InChI=1S/C13H26N2O2S/c1-12-9-18(16,17)8-7-15(12)11-13(10-14-2)5-3-4-6-13/h12,14H,3-11H2,1-2H3. The first-order valence-corrected chi connectivity index (χ1v) is 8.88. The smallest absolute Gasteiger partial charge is 0.153 e. The maximum Gasteiger partial charge on any atom is 0.153 e. The third-order valence-electron chi connectivity index (χ3n) is 4.56. The summed E-state index contributed by atoms with van der Waals surface area (Å²) in [7, 11) is -0.770. The molecule has 5 heteroatoms. The molecule has 0 amide bonds. The Balaban J connectivity index is 2.00. The van der Waals surface area contributed by atoms with Gasteiger partial charge in [0.25, 0.3) is 0 Å². The van der Waals surface area contributed by atoms with Crippen molar-refractivity contribution in [3.05, 3.63) is 0 Å². The Bertz CT molecular complexity index is 374. The summed E-state index contributed by atoms with van der Waals surface area (Å²) < 4.78 is 23.2. The lowest BCUT2D eigenvalue weighted by atomic mass is 9.85. The minimum atomic E-state index is -2.79. The largest absolute Gasteiger partial charge is 0.319 e. The monoisotopic (exact) mass is 274 g/mol. The van der Waals surface area contributed by atoms with Crippen molar-refractivity contribution in [3.63, 3.8) is 0 Å². The Labute approximate surface area is 111 Å². The van der Waals surface area contributed by atoms with E-state index in [1.165, 1.54) is 25.7 Å². The lowest BCUT2D eigenvalue weighted by Crippen LogP contribution is -2.52. The van der Waals surface area contributed by atoms with Gasteiger partial charge in [-0.1, -0.05) is 12.8 Å². The van der Waals surface area contributed by atoms with Crippen LogP contribution in [0.1, 0.15) is 32.6 Å². The van der Waals surface area contributed by atoms with Gasteiger partial charge in [0.1, 0.15) is 0 Å². The maximum atomic E-state index is 11.6. The second kappa shape index (κ2) is 5.47. The molecule has 4 nitrogen and oxygen atoms in total. The van der Waals surface area contributed by atoms with Crippen molar-refractivity contribution in [3.8, 4) is 0 Å². The van der Waals surface area contributed by atoms with Gasteiger partial charge in [-0.2, -0.15) is 0 Å². The predicted molar refractivity (Wildman–Crippen MR) is 74.5 cm³/mol. The molecule has 1 unspecified atom stereocenters. The van der Waals surface area contributed by atoms with E-state index >= 15 is 0 Å². The fourth-order valence-electron chi connectivity index (χ4n) is 3.59. The molecule has 0 aromatic carbocycles. The second-order valence-corrected chi connectivity index (χ2v) is 8.40. The average Bonchev–Trinajstić information content (AvgIpc) is 2.71. The Morgan fingerprint density at radius 3 is 2.56 bits per heavy atom. The number of hydrogen-bond donors (Lipinski definition) is 1. The van der Waals surface area contributed by atoms with Gasteiger partial charge in [0.15, 0.2) is 9.84 Å². The van der Waals surface area contributed by atoms with Crippen molar-refractivity contribution in [2.24, 2.45) is 5.41 Å². The van der Waals surface area contributed by atoms with Gasteiger partial charge in [0.05, 0.1) is 11.5 Å². The summed E-state index contributed by atoms with van der Waals surface area (Å²) in [5.74, 6) is 0.676. The molecule has 1 saturated carbocycles. The normalized spacial score (nSPS) is 31.6. The summed E-state index contributed by atoms with van der Waals surface area (Å²) >= 11 is 0. The van der Waals surface area contributed by atoms with Gasteiger partial charge in [-0.25, -0.2) is 8.42 Å². The Kier molecular flexibility index (Phi) is 4.34. The molecule has 18 heavy (non-hydrogen) atoms. The molecule has 2 rings (SSSR count). The molecule has 1 saturated heterocycles. The predicted octanol–water partition coefficient (Wildman–Crippen LogP) is 0.885. The maximum absolute atomic E-state index is 11.6. The van der Waals surface area contributed by atoms with Crippen LogP contribution in [0.3, 0.4) is 0 Å².